The smallest absolute Gasteiger partial charge is 0.338 e. The number of benzene rings is 2. The molecule has 2 aromatic carbocycles. The van der Waals surface area contributed by atoms with Crippen LogP contribution < -0.4 is 4.74 Å². The molecule has 0 heterocycles. The van der Waals surface area contributed by atoms with Crippen molar-refractivity contribution in [3.8, 4) is 16.9 Å². The molecule has 2 rings (SSSR count). The van der Waals surface area contributed by atoms with Gasteiger partial charge >= 0.3 is 11.9 Å². The topological polar surface area (TPSA) is 52.6 Å². The fraction of sp³-hybridized carbons (Fsp3) is 0.548. The van der Waals surface area contributed by atoms with E-state index in [2.05, 4.69) is 6.92 Å². The SMILES string of the molecule is CCCCCCCCCCCCCC(=O)Oc1ccc(-c2ccc(C(=O)OC(C)CC)cc2)cc1. The lowest BCUT2D eigenvalue weighted by Crippen LogP contribution is -2.13. The average molecular weight is 481 g/mol. The second-order valence-electron chi connectivity index (χ2n) is 9.49. The summed E-state index contributed by atoms with van der Waals surface area (Å²) >= 11 is 0. The van der Waals surface area contributed by atoms with Gasteiger partial charge in [-0.15, -0.1) is 0 Å². The van der Waals surface area contributed by atoms with E-state index in [-0.39, 0.29) is 18.0 Å². The molecule has 4 heteroatoms. The Labute approximate surface area is 212 Å². The van der Waals surface area contributed by atoms with Crippen molar-refractivity contribution in [2.75, 3.05) is 0 Å². The van der Waals surface area contributed by atoms with Crippen molar-refractivity contribution in [3.05, 3.63) is 54.1 Å². The van der Waals surface area contributed by atoms with Crippen molar-refractivity contribution in [2.24, 2.45) is 0 Å². The normalized spacial score (nSPS) is 11.7. The number of carbonyl (C=O) groups is 2. The predicted molar refractivity (Wildman–Crippen MR) is 144 cm³/mol. The monoisotopic (exact) mass is 480 g/mol. The highest BCUT2D eigenvalue weighted by atomic mass is 16.5. The Morgan fingerprint density at radius 2 is 1.17 bits per heavy atom. The van der Waals surface area contributed by atoms with Gasteiger partial charge in [-0.1, -0.05) is 102 Å². The van der Waals surface area contributed by atoms with Crippen LogP contribution in [0.1, 0.15) is 115 Å². The second kappa shape index (κ2) is 16.9. The fourth-order valence-corrected chi connectivity index (χ4v) is 3.96. The summed E-state index contributed by atoms with van der Waals surface area (Å²) in [6.07, 6.45) is 15.1. The Morgan fingerprint density at radius 1 is 0.686 bits per heavy atom. The number of carbonyl (C=O) groups excluding carboxylic acids is 2. The second-order valence-corrected chi connectivity index (χ2v) is 9.49. The van der Waals surface area contributed by atoms with Crippen molar-refractivity contribution < 1.29 is 19.1 Å². The summed E-state index contributed by atoms with van der Waals surface area (Å²) in [6, 6.07) is 14.9. The molecule has 0 saturated heterocycles. The molecule has 0 aliphatic heterocycles. The molecule has 1 atom stereocenters. The van der Waals surface area contributed by atoms with Gasteiger partial charge in [-0.2, -0.15) is 0 Å². The number of esters is 2. The van der Waals surface area contributed by atoms with Crippen LogP contribution in [-0.2, 0) is 9.53 Å². The average Bonchev–Trinajstić information content (AvgIpc) is 2.87. The van der Waals surface area contributed by atoms with Gasteiger partial charge in [0.2, 0.25) is 0 Å². The maximum Gasteiger partial charge on any atom is 0.338 e. The zero-order valence-electron chi connectivity index (χ0n) is 22.0. The standard InChI is InChI=1S/C31H44O4/c1-4-6-7-8-9-10-11-12-13-14-15-16-30(32)35-29-23-21-27(22-24-29)26-17-19-28(20-18-26)31(33)34-25(3)5-2/h17-25H,4-16H2,1-3H3. The van der Waals surface area contributed by atoms with E-state index >= 15 is 0 Å². The molecule has 1 unspecified atom stereocenters. The van der Waals surface area contributed by atoms with E-state index in [1.807, 2.05) is 50.2 Å². The number of hydrogen-bond donors (Lipinski definition) is 0. The summed E-state index contributed by atoms with van der Waals surface area (Å²) in [5.74, 6) is 0.0967. The zero-order chi connectivity index (χ0) is 25.3. The molecule has 192 valence electrons. The highest BCUT2D eigenvalue weighted by Gasteiger charge is 2.11. The Balaban J connectivity index is 1.65. The summed E-state index contributed by atoms with van der Waals surface area (Å²) in [5.41, 5.74) is 2.53. The van der Waals surface area contributed by atoms with E-state index in [9.17, 15) is 9.59 Å². The minimum Gasteiger partial charge on any atom is -0.459 e. The lowest BCUT2D eigenvalue weighted by atomic mass is 10.0. The van der Waals surface area contributed by atoms with E-state index in [0.29, 0.717) is 17.7 Å². The summed E-state index contributed by atoms with van der Waals surface area (Å²) in [7, 11) is 0. The van der Waals surface area contributed by atoms with E-state index in [1.165, 1.54) is 57.8 Å². The summed E-state index contributed by atoms with van der Waals surface area (Å²) in [5, 5.41) is 0. The third-order valence-corrected chi connectivity index (χ3v) is 6.41. The number of unbranched alkanes of at least 4 members (excludes halogenated alkanes) is 10. The van der Waals surface area contributed by atoms with Crippen LogP contribution >= 0.6 is 0 Å². The van der Waals surface area contributed by atoms with E-state index in [4.69, 9.17) is 9.47 Å². The first kappa shape index (κ1) is 28.6. The molecule has 0 radical (unpaired) electrons. The lowest BCUT2D eigenvalue weighted by molar-refractivity contribution is -0.134. The van der Waals surface area contributed by atoms with Gasteiger partial charge in [0.25, 0.3) is 0 Å². The first-order chi connectivity index (χ1) is 17.0. The van der Waals surface area contributed by atoms with Crippen molar-refractivity contribution in [3.63, 3.8) is 0 Å². The third kappa shape index (κ3) is 11.6. The fourth-order valence-electron chi connectivity index (χ4n) is 3.96. The van der Waals surface area contributed by atoms with Crippen LogP contribution in [-0.4, -0.2) is 18.0 Å². The summed E-state index contributed by atoms with van der Waals surface area (Å²) < 4.78 is 10.9. The first-order valence-electron chi connectivity index (χ1n) is 13.7. The molecule has 0 amide bonds. The van der Waals surface area contributed by atoms with Gasteiger partial charge in [-0.3, -0.25) is 4.79 Å². The molecule has 0 N–H and O–H groups in total. The zero-order valence-corrected chi connectivity index (χ0v) is 22.0. The van der Waals surface area contributed by atoms with Crippen LogP contribution in [0.5, 0.6) is 5.75 Å². The Kier molecular flexibility index (Phi) is 13.8. The Bertz CT molecular complexity index is 855. The van der Waals surface area contributed by atoms with Gasteiger partial charge < -0.3 is 9.47 Å². The summed E-state index contributed by atoms with van der Waals surface area (Å²) in [6.45, 7) is 6.13. The van der Waals surface area contributed by atoms with Gasteiger partial charge in [0, 0.05) is 6.42 Å². The number of hydrogen-bond acceptors (Lipinski definition) is 4. The minimum absolute atomic E-state index is 0.0904. The Morgan fingerprint density at radius 3 is 1.69 bits per heavy atom. The Hall–Kier alpha value is -2.62. The van der Waals surface area contributed by atoms with Gasteiger partial charge in [-0.25, -0.2) is 4.79 Å². The van der Waals surface area contributed by atoms with Crippen LogP contribution in [0.15, 0.2) is 48.5 Å². The van der Waals surface area contributed by atoms with Crippen molar-refractivity contribution in [1.29, 1.82) is 0 Å². The van der Waals surface area contributed by atoms with Crippen LogP contribution in [0, 0.1) is 0 Å². The molecule has 0 aliphatic rings. The molecule has 4 nitrogen and oxygen atoms in total. The van der Waals surface area contributed by atoms with E-state index in [0.717, 1.165) is 30.4 Å². The van der Waals surface area contributed by atoms with Gasteiger partial charge in [0.1, 0.15) is 5.75 Å². The van der Waals surface area contributed by atoms with Crippen LogP contribution in [0.4, 0.5) is 0 Å². The quantitative estimate of drug-likeness (QED) is 0.129. The molecule has 0 saturated carbocycles. The highest BCUT2D eigenvalue weighted by molar-refractivity contribution is 5.90. The largest absolute Gasteiger partial charge is 0.459 e. The highest BCUT2D eigenvalue weighted by Crippen LogP contribution is 2.24. The molecular formula is C31H44O4. The molecule has 0 aliphatic carbocycles. The molecular weight excluding hydrogens is 436 g/mol. The maximum atomic E-state index is 12.2. The van der Waals surface area contributed by atoms with Gasteiger partial charge in [-0.05, 0) is 55.2 Å². The van der Waals surface area contributed by atoms with E-state index in [1.54, 1.807) is 12.1 Å². The minimum atomic E-state index is -0.300. The number of rotatable bonds is 17. The molecule has 0 bridgehead atoms. The molecule has 0 fully saturated rings. The number of ether oxygens (including phenoxy) is 2. The van der Waals surface area contributed by atoms with Gasteiger partial charge in [0.15, 0.2) is 0 Å². The summed E-state index contributed by atoms with van der Waals surface area (Å²) in [4.78, 5) is 24.3. The maximum absolute atomic E-state index is 12.2. The predicted octanol–water partition coefficient (Wildman–Crippen LogP) is 8.92. The van der Waals surface area contributed by atoms with Crippen molar-refractivity contribution in [2.45, 2.75) is 110 Å². The van der Waals surface area contributed by atoms with Crippen LogP contribution in [0.25, 0.3) is 11.1 Å². The van der Waals surface area contributed by atoms with Crippen molar-refractivity contribution in [1.82, 2.24) is 0 Å². The van der Waals surface area contributed by atoms with Crippen LogP contribution in [0.3, 0.4) is 0 Å². The van der Waals surface area contributed by atoms with Crippen molar-refractivity contribution >= 4 is 11.9 Å². The molecule has 2 aromatic rings. The first-order valence-corrected chi connectivity index (χ1v) is 13.7. The third-order valence-electron chi connectivity index (χ3n) is 6.41. The lowest BCUT2D eigenvalue weighted by Gasteiger charge is -2.11. The van der Waals surface area contributed by atoms with Crippen LogP contribution in [0.2, 0.25) is 0 Å². The molecule has 35 heavy (non-hydrogen) atoms. The molecule has 0 aromatic heterocycles. The van der Waals surface area contributed by atoms with Gasteiger partial charge in [0.05, 0.1) is 11.7 Å². The molecule has 0 spiro atoms. The van der Waals surface area contributed by atoms with E-state index < -0.39 is 0 Å².